The predicted molar refractivity (Wildman–Crippen MR) is 78.2 cm³/mol. The number of carbonyl (C=O) groups excluding carboxylic acids is 2. The Labute approximate surface area is 120 Å². The van der Waals surface area contributed by atoms with E-state index in [1.165, 1.54) is 5.56 Å². The molecule has 1 unspecified atom stereocenters. The molecule has 4 nitrogen and oxygen atoms in total. The number of benzene rings is 1. The van der Waals surface area contributed by atoms with Gasteiger partial charge in [-0.15, -0.1) is 0 Å². The van der Waals surface area contributed by atoms with Crippen LogP contribution in [0.15, 0.2) is 30.3 Å². The molecule has 1 aromatic rings. The molecule has 1 saturated heterocycles. The number of nitrogens with zero attached hydrogens (tertiary/aromatic N) is 1. The van der Waals surface area contributed by atoms with Gasteiger partial charge >= 0.3 is 0 Å². The van der Waals surface area contributed by atoms with E-state index < -0.39 is 0 Å². The zero-order chi connectivity index (χ0) is 14.4. The summed E-state index contributed by atoms with van der Waals surface area (Å²) in [5, 5.41) is 2.79. The Kier molecular flexibility index (Phi) is 5.16. The zero-order valence-electron chi connectivity index (χ0n) is 12.0. The summed E-state index contributed by atoms with van der Waals surface area (Å²) in [4.78, 5) is 25.7. The third kappa shape index (κ3) is 3.83. The average Bonchev–Trinajstić information content (AvgIpc) is 2.61. The van der Waals surface area contributed by atoms with Gasteiger partial charge in [-0.3, -0.25) is 9.59 Å². The van der Waals surface area contributed by atoms with E-state index in [4.69, 9.17) is 0 Å². The maximum absolute atomic E-state index is 12.3. The minimum absolute atomic E-state index is 0.0178. The Hall–Kier alpha value is -1.84. The van der Waals surface area contributed by atoms with Gasteiger partial charge in [0.2, 0.25) is 11.8 Å². The van der Waals surface area contributed by atoms with Gasteiger partial charge in [-0.25, -0.2) is 0 Å². The van der Waals surface area contributed by atoms with Crippen molar-refractivity contribution in [2.24, 2.45) is 0 Å². The number of rotatable bonds is 5. The highest BCUT2D eigenvalue weighted by atomic mass is 16.2. The van der Waals surface area contributed by atoms with Crippen LogP contribution in [0, 0.1) is 0 Å². The number of amides is 2. The summed E-state index contributed by atoms with van der Waals surface area (Å²) >= 11 is 0. The quantitative estimate of drug-likeness (QED) is 0.889. The Morgan fingerprint density at radius 1 is 1.25 bits per heavy atom. The molecule has 2 rings (SSSR count). The second-order valence-electron chi connectivity index (χ2n) is 5.19. The van der Waals surface area contributed by atoms with Crippen molar-refractivity contribution < 1.29 is 9.59 Å². The van der Waals surface area contributed by atoms with Crippen LogP contribution in [0.5, 0.6) is 0 Å². The first-order chi connectivity index (χ1) is 9.70. The molecule has 1 aliphatic rings. The molecule has 4 heteroatoms. The van der Waals surface area contributed by atoms with Crippen LogP contribution in [0.4, 0.5) is 0 Å². The monoisotopic (exact) mass is 274 g/mol. The van der Waals surface area contributed by atoms with E-state index in [9.17, 15) is 9.59 Å². The van der Waals surface area contributed by atoms with Crippen molar-refractivity contribution in [3.8, 4) is 0 Å². The highest BCUT2D eigenvalue weighted by molar-refractivity contribution is 5.89. The van der Waals surface area contributed by atoms with Gasteiger partial charge in [-0.1, -0.05) is 37.3 Å². The summed E-state index contributed by atoms with van der Waals surface area (Å²) in [6.07, 6.45) is 2.95. The first-order valence-electron chi connectivity index (χ1n) is 7.32. The molecule has 1 atom stereocenters. The highest BCUT2D eigenvalue weighted by Crippen LogP contribution is 2.09. The summed E-state index contributed by atoms with van der Waals surface area (Å²) < 4.78 is 0. The molecule has 1 aromatic carbocycles. The van der Waals surface area contributed by atoms with Gasteiger partial charge in [0.1, 0.15) is 6.04 Å². The second-order valence-corrected chi connectivity index (χ2v) is 5.19. The third-order valence-corrected chi connectivity index (χ3v) is 3.70. The molecule has 0 radical (unpaired) electrons. The Balaban J connectivity index is 1.87. The lowest BCUT2D eigenvalue weighted by atomic mass is 10.1. The van der Waals surface area contributed by atoms with Gasteiger partial charge in [0.25, 0.3) is 0 Å². The maximum Gasteiger partial charge on any atom is 0.245 e. The van der Waals surface area contributed by atoms with Gasteiger partial charge in [0.15, 0.2) is 0 Å². The summed E-state index contributed by atoms with van der Waals surface area (Å²) in [5.74, 6) is 0.0437. The average molecular weight is 274 g/mol. The number of nitrogens with one attached hydrogen (secondary N) is 1. The molecule has 1 fully saturated rings. The molecular formula is C16H22N2O2. The Bertz CT molecular complexity index is 459. The SMILES string of the molecule is CCC1NC(=O)CCN(CCCc2ccccc2)C1=O. The molecule has 0 spiro atoms. The van der Waals surface area contributed by atoms with E-state index in [0.717, 1.165) is 19.4 Å². The smallest absolute Gasteiger partial charge is 0.245 e. The van der Waals surface area contributed by atoms with Gasteiger partial charge in [0.05, 0.1) is 0 Å². The van der Waals surface area contributed by atoms with Crippen LogP contribution in [-0.4, -0.2) is 35.8 Å². The minimum atomic E-state index is -0.346. The van der Waals surface area contributed by atoms with Crippen molar-refractivity contribution in [3.63, 3.8) is 0 Å². The molecule has 1 N–H and O–H groups in total. The van der Waals surface area contributed by atoms with Crippen molar-refractivity contribution in [1.29, 1.82) is 0 Å². The van der Waals surface area contributed by atoms with Crippen molar-refractivity contribution in [2.75, 3.05) is 13.1 Å². The molecule has 0 bridgehead atoms. The van der Waals surface area contributed by atoms with Crippen LogP contribution in [0.25, 0.3) is 0 Å². The first-order valence-corrected chi connectivity index (χ1v) is 7.32. The van der Waals surface area contributed by atoms with E-state index in [1.807, 2.05) is 30.0 Å². The van der Waals surface area contributed by atoms with Crippen LogP contribution in [0.2, 0.25) is 0 Å². The lowest BCUT2D eigenvalue weighted by molar-refractivity contribution is -0.133. The lowest BCUT2D eigenvalue weighted by Crippen LogP contribution is -2.44. The van der Waals surface area contributed by atoms with Crippen molar-refractivity contribution in [2.45, 2.75) is 38.6 Å². The highest BCUT2D eigenvalue weighted by Gasteiger charge is 2.27. The summed E-state index contributed by atoms with van der Waals surface area (Å²) in [5.41, 5.74) is 1.29. The van der Waals surface area contributed by atoms with Crippen molar-refractivity contribution in [3.05, 3.63) is 35.9 Å². The van der Waals surface area contributed by atoms with Crippen LogP contribution in [-0.2, 0) is 16.0 Å². The van der Waals surface area contributed by atoms with Gasteiger partial charge in [-0.2, -0.15) is 0 Å². The number of aryl methyl sites for hydroxylation is 1. The summed E-state index contributed by atoms with van der Waals surface area (Å²) in [6, 6.07) is 9.92. The molecule has 0 saturated carbocycles. The first kappa shape index (κ1) is 14.6. The minimum Gasteiger partial charge on any atom is -0.344 e. The second kappa shape index (κ2) is 7.08. The molecule has 2 amide bonds. The lowest BCUT2D eigenvalue weighted by Gasteiger charge is -2.23. The number of carbonyl (C=O) groups is 2. The Morgan fingerprint density at radius 3 is 2.70 bits per heavy atom. The van der Waals surface area contributed by atoms with E-state index in [1.54, 1.807) is 0 Å². The molecule has 108 valence electrons. The maximum atomic E-state index is 12.3. The van der Waals surface area contributed by atoms with E-state index in [-0.39, 0.29) is 17.9 Å². The fourth-order valence-corrected chi connectivity index (χ4v) is 2.51. The number of hydrogen-bond donors (Lipinski definition) is 1. The molecule has 0 aliphatic carbocycles. The van der Waals surface area contributed by atoms with Crippen LogP contribution >= 0.6 is 0 Å². The van der Waals surface area contributed by atoms with Gasteiger partial charge in [-0.05, 0) is 24.8 Å². The molecule has 0 aromatic heterocycles. The van der Waals surface area contributed by atoms with Crippen molar-refractivity contribution >= 4 is 11.8 Å². The molecule has 1 aliphatic heterocycles. The fourth-order valence-electron chi connectivity index (χ4n) is 2.51. The molecule has 1 heterocycles. The molecular weight excluding hydrogens is 252 g/mol. The largest absolute Gasteiger partial charge is 0.344 e. The third-order valence-electron chi connectivity index (χ3n) is 3.70. The normalized spacial score (nSPS) is 19.6. The Morgan fingerprint density at radius 2 is 2.00 bits per heavy atom. The fraction of sp³-hybridized carbons (Fsp3) is 0.500. The van der Waals surface area contributed by atoms with Crippen molar-refractivity contribution in [1.82, 2.24) is 10.2 Å². The van der Waals surface area contributed by atoms with Crippen LogP contribution < -0.4 is 5.32 Å². The zero-order valence-corrected chi connectivity index (χ0v) is 12.0. The summed E-state index contributed by atoms with van der Waals surface area (Å²) in [6.45, 7) is 3.19. The van der Waals surface area contributed by atoms with E-state index in [2.05, 4.69) is 17.4 Å². The summed E-state index contributed by atoms with van der Waals surface area (Å²) in [7, 11) is 0. The van der Waals surface area contributed by atoms with Crippen LogP contribution in [0.1, 0.15) is 31.7 Å². The van der Waals surface area contributed by atoms with Gasteiger partial charge < -0.3 is 10.2 Å². The predicted octanol–water partition coefficient (Wildman–Crippen LogP) is 1.75. The van der Waals surface area contributed by atoms with Gasteiger partial charge in [0, 0.05) is 19.5 Å². The standard InChI is InChI=1S/C16H22N2O2/c1-2-14-16(20)18(12-10-15(19)17-14)11-6-9-13-7-4-3-5-8-13/h3-5,7-8,14H,2,6,9-12H2,1H3,(H,17,19). The number of hydrogen-bond acceptors (Lipinski definition) is 2. The molecule has 20 heavy (non-hydrogen) atoms. The topological polar surface area (TPSA) is 49.4 Å². The van der Waals surface area contributed by atoms with E-state index >= 15 is 0 Å². The van der Waals surface area contributed by atoms with E-state index in [0.29, 0.717) is 19.4 Å². The van der Waals surface area contributed by atoms with Crippen LogP contribution in [0.3, 0.4) is 0 Å².